The third kappa shape index (κ3) is 8.21. The predicted octanol–water partition coefficient (Wildman–Crippen LogP) is -4.07. The van der Waals surface area contributed by atoms with Gasteiger partial charge < -0.3 is 25.2 Å². The predicted molar refractivity (Wildman–Crippen MR) is 59.8 cm³/mol. The number of aliphatic carboxylic acids is 2. The average molecular weight is 277 g/mol. The quantitative estimate of drug-likeness (QED) is 0.254. The summed E-state index contributed by atoms with van der Waals surface area (Å²) in [5.74, 6) is -2.57. The number of carboxylic acid groups (broad SMARTS) is 2. The summed E-state index contributed by atoms with van der Waals surface area (Å²) >= 11 is 0. The molecule has 0 saturated heterocycles. The Balaban J connectivity index is 4.42. The van der Waals surface area contributed by atoms with Crippen molar-refractivity contribution < 1.29 is 34.8 Å². The third-order valence-electron chi connectivity index (χ3n) is 2.31. The number of aliphatic hydroxyl groups is 2. The smallest absolute Gasteiger partial charge is 0.317 e. The summed E-state index contributed by atoms with van der Waals surface area (Å²) in [6.07, 6.45) is -1.44. The van der Waals surface area contributed by atoms with Crippen molar-refractivity contribution in [3.63, 3.8) is 0 Å². The van der Waals surface area contributed by atoms with Gasteiger partial charge in [-0.15, -0.1) is 0 Å². The first-order chi connectivity index (χ1) is 8.90. The van der Waals surface area contributed by atoms with Gasteiger partial charge in [0.05, 0.1) is 19.1 Å². The van der Waals surface area contributed by atoms with Gasteiger partial charge in [-0.1, -0.05) is 0 Å². The minimum absolute atomic E-state index is 0.0544. The first kappa shape index (κ1) is 17.4. The molecule has 0 aliphatic heterocycles. The van der Waals surface area contributed by atoms with Crippen LogP contribution in [0.4, 0.5) is 0 Å². The molecule has 0 aromatic carbocycles. The molecule has 0 saturated carbocycles. The van der Waals surface area contributed by atoms with Crippen LogP contribution in [0.3, 0.4) is 0 Å². The lowest BCUT2D eigenvalue weighted by Gasteiger charge is -2.27. The van der Waals surface area contributed by atoms with E-state index in [1.807, 2.05) is 0 Å². The number of hydrogen-bond acceptors (Lipinski definition) is 8. The molecule has 0 aliphatic carbocycles. The lowest BCUT2D eigenvalue weighted by molar-refractivity contribution is -0.307. The van der Waals surface area contributed by atoms with E-state index in [1.165, 1.54) is 4.90 Å². The molecule has 110 valence electrons. The molecule has 1 unspecified atom stereocenters. The molecular weight excluding hydrogens is 260 g/mol. The van der Waals surface area contributed by atoms with Crippen LogP contribution in [-0.4, -0.2) is 88.9 Å². The molecule has 0 bridgehead atoms. The van der Waals surface area contributed by atoms with Gasteiger partial charge in [-0.25, -0.2) is 0 Å². The Bertz CT molecular complexity index is 310. The summed E-state index contributed by atoms with van der Waals surface area (Å²) < 4.78 is 0. The van der Waals surface area contributed by atoms with Crippen molar-refractivity contribution in [1.29, 1.82) is 0 Å². The molecule has 0 radical (unpaired) electrons. The summed E-state index contributed by atoms with van der Waals surface area (Å²) in [4.78, 5) is 33.7. The minimum atomic E-state index is -1.60. The van der Waals surface area contributed by atoms with Crippen LogP contribution >= 0.6 is 0 Å². The average Bonchev–Trinajstić information content (AvgIpc) is 2.32. The van der Waals surface area contributed by atoms with Crippen LogP contribution in [0.15, 0.2) is 0 Å². The lowest BCUT2D eigenvalue weighted by Crippen LogP contribution is -2.48. The maximum absolute atomic E-state index is 10.6. The highest BCUT2D eigenvalue weighted by Gasteiger charge is 2.17. The van der Waals surface area contributed by atoms with Gasteiger partial charge in [0.15, 0.2) is 12.5 Å². The maximum atomic E-state index is 10.6. The second-order valence-corrected chi connectivity index (χ2v) is 3.79. The first-order valence-corrected chi connectivity index (χ1v) is 5.53. The van der Waals surface area contributed by atoms with Crippen molar-refractivity contribution >= 4 is 18.2 Å². The zero-order chi connectivity index (χ0) is 14.8. The zero-order valence-electron chi connectivity index (χ0n) is 10.3. The fourth-order valence-corrected chi connectivity index (χ4v) is 1.43. The van der Waals surface area contributed by atoms with E-state index in [0.29, 0.717) is 0 Å². The number of carbonyl (C=O) groups is 3. The highest BCUT2D eigenvalue weighted by Crippen LogP contribution is 1.96. The summed E-state index contributed by atoms with van der Waals surface area (Å²) in [7, 11) is 0. The Labute approximate surface area is 109 Å². The van der Waals surface area contributed by atoms with Gasteiger partial charge >= 0.3 is 5.97 Å². The Hall–Kier alpha value is -1.55. The molecule has 0 aromatic rings. The highest BCUT2D eigenvalue weighted by molar-refractivity contribution is 5.69. The van der Waals surface area contributed by atoms with Gasteiger partial charge in [0, 0.05) is 26.2 Å². The van der Waals surface area contributed by atoms with Crippen LogP contribution < -0.4 is 5.11 Å². The summed E-state index contributed by atoms with van der Waals surface area (Å²) in [5, 5.41) is 37.1. The fourth-order valence-electron chi connectivity index (χ4n) is 1.43. The third-order valence-corrected chi connectivity index (χ3v) is 2.31. The Morgan fingerprint density at radius 3 is 2.26 bits per heavy atom. The van der Waals surface area contributed by atoms with E-state index in [4.69, 9.17) is 10.2 Å². The van der Waals surface area contributed by atoms with Gasteiger partial charge in [-0.2, -0.15) is 0 Å². The normalized spacial score (nSPS) is 12.6. The van der Waals surface area contributed by atoms with Crippen LogP contribution in [0.25, 0.3) is 0 Å². The molecule has 19 heavy (non-hydrogen) atoms. The summed E-state index contributed by atoms with van der Waals surface area (Å²) in [6.45, 7) is -1.14. The molecule has 9 nitrogen and oxygen atoms in total. The van der Waals surface area contributed by atoms with Crippen LogP contribution in [0.1, 0.15) is 0 Å². The Morgan fingerprint density at radius 1 is 1.21 bits per heavy atom. The Kier molecular flexibility index (Phi) is 8.62. The Morgan fingerprint density at radius 2 is 1.84 bits per heavy atom. The molecule has 0 heterocycles. The van der Waals surface area contributed by atoms with Crippen LogP contribution in [-0.2, 0) is 14.4 Å². The van der Waals surface area contributed by atoms with Gasteiger partial charge in [-0.3, -0.25) is 19.4 Å². The minimum Gasteiger partial charge on any atom is -0.549 e. The molecular formula is C10H17N2O7-. The van der Waals surface area contributed by atoms with Crippen LogP contribution in [0, 0.1) is 0 Å². The van der Waals surface area contributed by atoms with Crippen molar-refractivity contribution in [2.45, 2.75) is 6.23 Å². The van der Waals surface area contributed by atoms with E-state index in [2.05, 4.69) is 0 Å². The van der Waals surface area contributed by atoms with Gasteiger partial charge in [0.1, 0.15) is 0 Å². The standard InChI is InChI=1S/C10H18N2O7/c13-4-3-11(5-9(16)17)1-2-12(6-10(18)19)8(15)7-14/h7-8,13,15H,1-6H2,(H,16,17)(H,18,19)/p-1. The molecule has 0 spiro atoms. The second kappa shape index (κ2) is 9.39. The van der Waals surface area contributed by atoms with Crippen molar-refractivity contribution in [2.75, 3.05) is 39.3 Å². The van der Waals surface area contributed by atoms with Crippen molar-refractivity contribution in [3.8, 4) is 0 Å². The second-order valence-electron chi connectivity index (χ2n) is 3.79. The summed E-state index contributed by atoms with van der Waals surface area (Å²) in [6, 6.07) is 0. The van der Waals surface area contributed by atoms with Crippen LogP contribution in [0.2, 0.25) is 0 Å². The first-order valence-electron chi connectivity index (χ1n) is 5.53. The number of rotatable bonds is 11. The molecule has 9 heteroatoms. The number of aliphatic hydroxyl groups excluding tert-OH is 2. The molecule has 0 fully saturated rings. The van der Waals surface area contributed by atoms with E-state index in [9.17, 15) is 24.6 Å². The van der Waals surface area contributed by atoms with E-state index in [-0.39, 0.29) is 39.1 Å². The van der Waals surface area contributed by atoms with E-state index >= 15 is 0 Å². The monoisotopic (exact) mass is 277 g/mol. The number of nitrogens with zero attached hydrogens (tertiary/aromatic N) is 2. The SMILES string of the molecule is O=CC(O)N(CCN(CCO)CC(=O)O)CC(=O)[O-]. The molecule has 1 atom stereocenters. The lowest BCUT2D eigenvalue weighted by atomic mass is 10.3. The van der Waals surface area contributed by atoms with Crippen molar-refractivity contribution in [1.82, 2.24) is 9.80 Å². The molecule has 0 amide bonds. The number of hydrogen-bond donors (Lipinski definition) is 3. The van der Waals surface area contributed by atoms with E-state index in [1.54, 1.807) is 0 Å². The van der Waals surface area contributed by atoms with Crippen LogP contribution in [0.5, 0.6) is 0 Å². The molecule has 0 aromatic heterocycles. The van der Waals surface area contributed by atoms with Crippen molar-refractivity contribution in [3.05, 3.63) is 0 Å². The largest absolute Gasteiger partial charge is 0.549 e. The number of carboxylic acids is 2. The summed E-state index contributed by atoms with van der Waals surface area (Å²) in [5.41, 5.74) is 0. The topological polar surface area (TPSA) is 141 Å². The molecule has 0 aliphatic rings. The van der Waals surface area contributed by atoms with E-state index < -0.39 is 24.7 Å². The zero-order valence-corrected chi connectivity index (χ0v) is 10.3. The maximum Gasteiger partial charge on any atom is 0.317 e. The number of carbonyl (C=O) groups excluding carboxylic acids is 2. The molecule has 3 N–H and O–H groups in total. The van der Waals surface area contributed by atoms with E-state index in [0.717, 1.165) is 4.90 Å². The van der Waals surface area contributed by atoms with Gasteiger partial charge in [0.2, 0.25) is 0 Å². The van der Waals surface area contributed by atoms with Crippen molar-refractivity contribution in [2.24, 2.45) is 0 Å². The fraction of sp³-hybridized carbons (Fsp3) is 0.700. The molecule has 0 rings (SSSR count). The highest BCUT2D eigenvalue weighted by atomic mass is 16.4. The number of aldehydes is 1. The van der Waals surface area contributed by atoms with Gasteiger partial charge in [-0.05, 0) is 0 Å². The van der Waals surface area contributed by atoms with Gasteiger partial charge in [0.25, 0.3) is 0 Å².